The van der Waals surface area contributed by atoms with Crippen LogP contribution in [0.3, 0.4) is 0 Å². The number of hydrogen-bond donors (Lipinski definition) is 2. The first-order valence-corrected chi connectivity index (χ1v) is 4.49. The quantitative estimate of drug-likeness (QED) is 0.558. The molecule has 0 fully saturated rings. The Hall–Kier alpha value is -2.04. The van der Waals surface area contributed by atoms with Crippen molar-refractivity contribution in [2.75, 3.05) is 5.73 Å². The number of nitrogen functional groups attached to an aromatic ring is 1. The third-order valence-electron chi connectivity index (χ3n) is 1.76. The van der Waals surface area contributed by atoms with E-state index in [1.807, 2.05) is 5.48 Å². The van der Waals surface area contributed by atoms with Crippen LogP contribution in [0, 0.1) is 0 Å². The van der Waals surface area contributed by atoms with Crippen molar-refractivity contribution >= 4 is 17.6 Å². The molecule has 0 aliphatic rings. The van der Waals surface area contributed by atoms with Gasteiger partial charge in [-0.1, -0.05) is 19.1 Å². The summed E-state index contributed by atoms with van der Waals surface area (Å²) in [5, 5.41) is 0. The molecule has 0 saturated carbocycles. The maximum Gasteiger partial charge on any atom is 0.365 e. The molecule has 0 spiro atoms. The minimum absolute atomic E-state index is 0.230. The van der Waals surface area contributed by atoms with Gasteiger partial charge in [0.25, 0.3) is 5.91 Å². The predicted molar refractivity (Wildman–Crippen MR) is 54.7 cm³/mol. The number of benzene rings is 1. The minimum Gasteiger partial charge on any atom is -0.398 e. The normalized spacial score (nSPS) is 9.40. The van der Waals surface area contributed by atoms with E-state index in [1.165, 1.54) is 6.07 Å². The van der Waals surface area contributed by atoms with Crippen LogP contribution in [-0.2, 0) is 9.63 Å². The number of carbonyl (C=O) groups excluding carboxylic acids is 2. The first-order chi connectivity index (χ1) is 7.15. The van der Waals surface area contributed by atoms with Crippen molar-refractivity contribution in [1.29, 1.82) is 0 Å². The lowest BCUT2D eigenvalue weighted by atomic mass is 10.2. The van der Waals surface area contributed by atoms with Crippen LogP contribution in [0.5, 0.6) is 0 Å². The lowest BCUT2D eigenvalue weighted by Crippen LogP contribution is -2.26. The van der Waals surface area contributed by atoms with Crippen molar-refractivity contribution in [3.05, 3.63) is 29.8 Å². The molecular formula is C10H12N2O3. The molecule has 0 aromatic heterocycles. The summed E-state index contributed by atoms with van der Waals surface area (Å²) < 4.78 is 0. The van der Waals surface area contributed by atoms with Crippen LogP contribution in [0.2, 0.25) is 0 Å². The number of carbonyl (C=O) groups is 2. The van der Waals surface area contributed by atoms with Crippen molar-refractivity contribution in [2.45, 2.75) is 13.3 Å². The van der Waals surface area contributed by atoms with Gasteiger partial charge >= 0.3 is 5.97 Å². The lowest BCUT2D eigenvalue weighted by Gasteiger charge is -2.05. The summed E-state index contributed by atoms with van der Waals surface area (Å²) in [7, 11) is 0. The van der Waals surface area contributed by atoms with Crippen LogP contribution in [-0.4, -0.2) is 11.9 Å². The van der Waals surface area contributed by atoms with Crippen LogP contribution >= 0.6 is 0 Å². The van der Waals surface area contributed by atoms with E-state index in [4.69, 9.17) is 5.73 Å². The SMILES string of the molecule is CCC(=O)NOC(=O)c1ccccc1N. The molecule has 0 unspecified atom stereocenters. The van der Waals surface area contributed by atoms with Crippen LogP contribution in [0.25, 0.3) is 0 Å². The molecule has 1 rings (SSSR count). The average Bonchev–Trinajstić information content (AvgIpc) is 2.26. The molecule has 1 aromatic carbocycles. The number of hydroxylamine groups is 1. The Bertz CT molecular complexity index is 377. The molecule has 0 heterocycles. The average molecular weight is 208 g/mol. The van der Waals surface area contributed by atoms with Gasteiger partial charge in [0.2, 0.25) is 0 Å². The minimum atomic E-state index is -0.671. The largest absolute Gasteiger partial charge is 0.398 e. The zero-order chi connectivity index (χ0) is 11.3. The Morgan fingerprint density at radius 1 is 1.40 bits per heavy atom. The van der Waals surface area contributed by atoms with E-state index in [0.29, 0.717) is 5.69 Å². The fourth-order valence-corrected chi connectivity index (χ4v) is 0.913. The summed E-state index contributed by atoms with van der Waals surface area (Å²) in [6.07, 6.45) is 0.248. The van der Waals surface area contributed by atoms with Gasteiger partial charge < -0.3 is 10.6 Å². The summed E-state index contributed by atoms with van der Waals surface area (Å²) in [6.45, 7) is 1.65. The highest BCUT2D eigenvalue weighted by Gasteiger charge is 2.11. The van der Waals surface area contributed by atoms with Crippen LogP contribution in [0.1, 0.15) is 23.7 Å². The Morgan fingerprint density at radius 3 is 2.67 bits per heavy atom. The number of anilines is 1. The number of amides is 1. The zero-order valence-electron chi connectivity index (χ0n) is 8.32. The molecule has 0 aliphatic carbocycles. The first kappa shape index (κ1) is 11.0. The van der Waals surface area contributed by atoms with Gasteiger partial charge in [0.1, 0.15) is 0 Å². The van der Waals surface area contributed by atoms with Crippen molar-refractivity contribution in [2.24, 2.45) is 0 Å². The number of rotatable bonds is 2. The molecule has 5 nitrogen and oxygen atoms in total. The van der Waals surface area contributed by atoms with Gasteiger partial charge in [-0.25, -0.2) is 4.79 Å². The summed E-state index contributed by atoms with van der Waals surface area (Å²) in [5.41, 5.74) is 8.10. The Kier molecular flexibility index (Phi) is 3.68. The molecular weight excluding hydrogens is 196 g/mol. The fourth-order valence-electron chi connectivity index (χ4n) is 0.913. The van der Waals surface area contributed by atoms with Gasteiger partial charge in [0.15, 0.2) is 0 Å². The summed E-state index contributed by atoms with van der Waals surface area (Å²) in [6, 6.07) is 6.47. The molecule has 1 aromatic rings. The Balaban J connectivity index is 2.62. The second kappa shape index (κ2) is 4.99. The van der Waals surface area contributed by atoms with Crippen molar-refractivity contribution < 1.29 is 14.4 Å². The highest BCUT2D eigenvalue weighted by Crippen LogP contribution is 2.10. The summed E-state index contributed by atoms with van der Waals surface area (Å²) in [4.78, 5) is 26.7. The highest BCUT2D eigenvalue weighted by molar-refractivity contribution is 5.95. The standard InChI is InChI=1S/C10H12N2O3/c1-2-9(13)12-15-10(14)7-5-3-4-6-8(7)11/h3-6H,2,11H2,1H3,(H,12,13). The van der Waals surface area contributed by atoms with Gasteiger partial charge in [0, 0.05) is 12.1 Å². The van der Waals surface area contributed by atoms with E-state index < -0.39 is 5.97 Å². The molecule has 1 amide bonds. The first-order valence-electron chi connectivity index (χ1n) is 4.49. The summed E-state index contributed by atoms with van der Waals surface area (Å²) in [5.74, 6) is -1.03. The molecule has 0 aliphatic heterocycles. The van der Waals surface area contributed by atoms with Gasteiger partial charge in [-0.05, 0) is 12.1 Å². The number of nitrogens with one attached hydrogen (secondary N) is 1. The second-order valence-corrected chi connectivity index (χ2v) is 2.86. The van der Waals surface area contributed by atoms with Crippen molar-refractivity contribution in [1.82, 2.24) is 5.48 Å². The van der Waals surface area contributed by atoms with Gasteiger partial charge in [-0.2, -0.15) is 5.48 Å². The smallest absolute Gasteiger partial charge is 0.365 e. The van der Waals surface area contributed by atoms with Crippen molar-refractivity contribution in [3.63, 3.8) is 0 Å². The Labute approximate surface area is 87.2 Å². The van der Waals surface area contributed by atoms with Crippen LogP contribution in [0.15, 0.2) is 24.3 Å². The second-order valence-electron chi connectivity index (χ2n) is 2.86. The molecule has 0 saturated heterocycles. The third-order valence-corrected chi connectivity index (χ3v) is 1.76. The van der Waals surface area contributed by atoms with Crippen LogP contribution in [0.4, 0.5) is 5.69 Å². The fraction of sp³-hybridized carbons (Fsp3) is 0.200. The molecule has 0 radical (unpaired) electrons. The zero-order valence-corrected chi connectivity index (χ0v) is 8.32. The molecule has 5 heteroatoms. The summed E-state index contributed by atoms with van der Waals surface area (Å²) >= 11 is 0. The number of para-hydroxylation sites is 1. The van der Waals surface area contributed by atoms with Gasteiger partial charge in [0.05, 0.1) is 5.56 Å². The lowest BCUT2D eigenvalue weighted by molar-refractivity contribution is -0.129. The molecule has 3 N–H and O–H groups in total. The van der Waals surface area contributed by atoms with E-state index in [1.54, 1.807) is 25.1 Å². The van der Waals surface area contributed by atoms with E-state index in [2.05, 4.69) is 4.84 Å². The molecule has 0 bridgehead atoms. The molecule has 15 heavy (non-hydrogen) atoms. The topological polar surface area (TPSA) is 81.4 Å². The van der Waals surface area contributed by atoms with Gasteiger partial charge in [-0.15, -0.1) is 0 Å². The predicted octanol–water partition coefficient (Wildman–Crippen LogP) is 0.867. The highest BCUT2D eigenvalue weighted by atomic mass is 16.7. The van der Waals surface area contributed by atoms with Crippen molar-refractivity contribution in [3.8, 4) is 0 Å². The number of nitrogens with two attached hydrogens (primary N) is 1. The number of hydrogen-bond acceptors (Lipinski definition) is 4. The van der Waals surface area contributed by atoms with E-state index in [9.17, 15) is 9.59 Å². The van der Waals surface area contributed by atoms with E-state index in [-0.39, 0.29) is 17.9 Å². The molecule has 80 valence electrons. The van der Waals surface area contributed by atoms with E-state index in [0.717, 1.165) is 0 Å². The maximum atomic E-state index is 11.4. The Morgan fingerprint density at radius 2 is 2.07 bits per heavy atom. The van der Waals surface area contributed by atoms with E-state index >= 15 is 0 Å². The maximum absolute atomic E-state index is 11.4. The third kappa shape index (κ3) is 2.98. The monoisotopic (exact) mass is 208 g/mol. The molecule has 0 atom stereocenters. The van der Waals surface area contributed by atoms with Gasteiger partial charge in [-0.3, -0.25) is 4.79 Å². The van der Waals surface area contributed by atoms with Crippen LogP contribution < -0.4 is 11.2 Å².